The van der Waals surface area contributed by atoms with Crippen molar-refractivity contribution in [2.75, 3.05) is 24.7 Å². The van der Waals surface area contributed by atoms with Crippen LogP contribution in [0.3, 0.4) is 0 Å². The third-order valence-corrected chi connectivity index (χ3v) is 5.72. The zero-order chi connectivity index (χ0) is 24.2. The molecule has 2 aromatic carbocycles. The van der Waals surface area contributed by atoms with Crippen molar-refractivity contribution < 1.29 is 27.8 Å². The second kappa shape index (κ2) is 10.1. The fourth-order valence-corrected chi connectivity index (χ4v) is 3.90. The summed E-state index contributed by atoms with van der Waals surface area (Å²) in [5.74, 6) is -4.15. The van der Waals surface area contributed by atoms with Crippen molar-refractivity contribution in [3.05, 3.63) is 87.6 Å². The highest BCUT2D eigenvalue weighted by Crippen LogP contribution is 2.23. The van der Waals surface area contributed by atoms with E-state index in [1.807, 2.05) is 0 Å². The van der Waals surface area contributed by atoms with E-state index >= 15 is 0 Å². The molecule has 1 amide bonds. The largest absolute Gasteiger partial charge is 0.465 e. The van der Waals surface area contributed by atoms with Crippen molar-refractivity contribution in [3.63, 3.8) is 0 Å². The van der Waals surface area contributed by atoms with Crippen LogP contribution >= 0.6 is 0 Å². The minimum atomic E-state index is -1.59. The van der Waals surface area contributed by atoms with Crippen molar-refractivity contribution in [3.8, 4) is 5.69 Å². The lowest BCUT2D eigenvalue weighted by Gasteiger charge is -2.28. The maximum absolute atomic E-state index is 13.6. The molecule has 1 saturated heterocycles. The predicted octanol–water partition coefficient (Wildman–Crippen LogP) is 4.15. The third kappa shape index (κ3) is 5.28. The summed E-state index contributed by atoms with van der Waals surface area (Å²) >= 11 is 0. The van der Waals surface area contributed by atoms with Gasteiger partial charge in [-0.1, -0.05) is 12.1 Å². The predicted molar refractivity (Wildman–Crippen MR) is 118 cm³/mol. The molecule has 0 bridgehead atoms. The van der Waals surface area contributed by atoms with Gasteiger partial charge >= 0.3 is 6.09 Å². The molecule has 7 nitrogen and oxygen atoms in total. The molecule has 1 fully saturated rings. The number of benzene rings is 2. The van der Waals surface area contributed by atoms with Crippen LogP contribution in [0.1, 0.15) is 24.1 Å². The van der Waals surface area contributed by atoms with E-state index in [9.17, 15) is 27.9 Å². The maximum atomic E-state index is 13.6. The first kappa shape index (κ1) is 23.5. The van der Waals surface area contributed by atoms with E-state index < -0.39 is 29.0 Å². The lowest BCUT2D eigenvalue weighted by atomic mass is 9.99. The number of carboxylic acid groups (broad SMARTS) is 1. The number of hydrogen-bond acceptors (Lipinski definition) is 4. The second-order valence-corrected chi connectivity index (χ2v) is 8.09. The molecule has 1 N–H and O–H groups in total. The van der Waals surface area contributed by atoms with Gasteiger partial charge in [-0.25, -0.2) is 22.6 Å². The smallest absolute Gasteiger partial charge is 0.411 e. The Kier molecular flexibility index (Phi) is 6.97. The van der Waals surface area contributed by atoms with Crippen molar-refractivity contribution in [2.45, 2.75) is 19.3 Å². The third-order valence-electron chi connectivity index (χ3n) is 5.72. The molecule has 1 aliphatic rings. The molecule has 0 radical (unpaired) electrons. The number of ether oxygens (including phenoxy) is 1. The number of rotatable bonds is 6. The number of aromatic nitrogens is 2. The Labute approximate surface area is 193 Å². The van der Waals surface area contributed by atoms with E-state index in [1.165, 1.54) is 17.2 Å². The molecule has 0 atom stereocenters. The summed E-state index contributed by atoms with van der Waals surface area (Å²) in [4.78, 5) is 25.6. The highest BCUT2D eigenvalue weighted by atomic mass is 19.2. The van der Waals surface area contributed by atoms with Crippen molar-refractivity contribution >= 4 is 11.8 Å². The summed E-state index contributed by atoms with van der Waals surface area (Å²) in [5.41, 5.74) is 0.697. The Morgan fingerprint density at radius 3 is 2.50 bits per heavy atom. The number of nitrogens with zero attached hydrogens (tertiary/aromatic N) is 3. The van der Waals surface area contributed by atoms with E-state index in [-0.39, 0.29) is 23.7 Å². The van der Waals surface area contributed by atoms with Gasteiger partial charge in [0.2, 0.25) is 5.43 Å². The van der Waals surface area contributed by atoms with Crippen LogP contribution in [-0.4, -0.2) is 40.7 Å². The van der Waals surface area contributed by atoms with E-state index in [2.05, 4.69) is 5.10 Å². The SMILES string of the molecule is O=C(O)N(CC1CCOCC1)c1cccc(Cc2nn(-c3cc(F)c(F)c(F)c3)ccc2=O)c1. The Hall–Kier alpha value is -3.66. The monoisotopic (exact) mass is 473 g/mol. The zero-order valence-corrected chi connectivity index (χ0v) is 18.1. The summed E-state index contributed by atoms with van der Waals surface area (Å²) in [6.07, 6.45) is 1.77. The fraction of sp³-hybridized carbons (Fsp3) is 0.292. The van der Waals surface area contributed by atoms with Gasteiger partial charge in [-0.05, 0) is 36.5 Å². The molecule has 0 saturated carbocycles. The molecule has 3 aromatic rings. The first-order chi connectivity index (χ1) is 16.3. The van der Waals surface area contributed by atoms with Gasteiger partial charge in [0.15, 0.2) is 17.5 Å². The molecule has 0 spiro atoms. The number of amides is 1. The topological polar surface area (TPSA) is 84.7 Å². The standard InChI is InChI=1S/C24H22F3N3O4/c25-19-12-18(13-20(26)23(19)27)30-7-4-22(31)21(28-30)11-16-2-1-3-17(10-16)29(24(32)33)14-15-5-8-34-9-6-15/h1-4,7,10,12-13,15H,5-6,8-9,11,14H2,(H,32,33). The highest BCUT2D eigenvalue weighted by molar-refractivity contribution is 5.86. The maximum Gasteiger partial charge on any atom is 0.411 e. The Morgan fingerprint density at radius 2 is 1.82 bits per heavy atom. The molecule has 34 heavy (non-hydrogen) atoms. The van der Waals surface area contributed by atoms with Crippen molar-refractivity contribution in [1.82, 2.24) is 9.78 Å². The quantitative estimate of drug-likeness (QED) is 0.544. The molecular formula is C24H22F3N3O4. The average molecular weight is 473 g/mol. The first-order valence-electron chi connectivity index (χ1n) is 10.7. The number of hydrogen-bond donors (Lipinski definition) is 1. The zero-order valence-electron chi connectivity index (χ0n) is 18.1. The van der Waals surface area contributed by atoms with Crippen LogP contribution in [0.5, 0.6) is 0 Å². The lowest BCUT2D eigenvalue weighted by Crippen LogP contribution is -2.36. The Bertz CT molecular complexity index is 1240. The van der Waals surface area contributed by atoms with Crippen molar-refractivity contribution in [1.29, 1.82) is 0 Å². The van der Waals surface area contributed by atoms with E-state index in [4.69, 9.17) is 4.74 Å². The Morgan fingerprint density at radius 1 is 1.12 bits per heavy atom. The average Bonchev–Trinajstić information content (AvgIpc) is 2.82. The van der Waals surface area contributed by atoms with E-state index in [0.717, 1.165) is 29.7 Å². The highest BCUT2D eigenvalue weighted by Gasteiger charge is 2.22. The Balaban J connectivity index is 1.59. The summed E-state index contributed by atoms with van der Waals surface area (Å²) in [5, 5.41) is 13.9. The minimum absolute atomic E-state index is 0.0599. The van der Waals surface area contributed by atoms with Gasteiger partial charge in [0.05, 0.1) is 5.69 Å². The van der Waals surface area contributed by atoms with Gasteiger partial charge in [-0.3, -0.25) is 9.69 Å². The summed E-state index contributed by atoms with van der Waals surface area (Å²) in [6, 6.07) is 9.52. The van der Waals surface area contributed by atoms with Crippen LogP contribution < -0.4 is 10.3 Å². The summed E-state index contributed by atoms with van der Waals surface area (Å²) < 4.78 is 47.0. The molecular weight excluding hydrogens is 451 g/mol. The summed E-state index contributed by atoms with van der Waals surface area (Å²) in [7, 11) is 0. The van der Waals surface area contributed by atoms with Crippen LogP contribution in [0.4, 0.5) is 23.7 Å². The van der Waals surface area contributed by atoms with Gasteiger partial charge < -0.3 is 9.84 Å². The molecule has 178 valence electrons. The van der Waals surface area contributed by atoms with E-state index in [1.54, 1.807) is 24.3 Å². The van der Waals surface area contributed by atoms with Crippen LogP contribution in [0.2, 0.25) is 0 Å². The summed E-state index contributed by atoms with van der Waals surface area (Å²) in [6.45, 7) is 1.54. The van der Waals surface area contributed by atoms with E-state index in [0.29, 0.717) is 31.0 Å². The molecule has 0 unspecified atom stereocenters. The van der Waals surface area contributed by atoms with Crippen molar-refractivity contribution in [2.24, 2.45) is 5.92 Å². The number of anilines is 1. The molecule has 1 aliphatic heterocycles. The molecule has 10 heteroatoms. The second-order valence-electron chi connectivity index (χ2n) is 8.09. The van der Waals surface area contributed by atoms with Gasteiger partial charge in [-0.2, -0.15) is 5.10 Å². The molecule has 2 heterocycles. The van der Waals surface area contributed by atoms with Crippen LogP contribution in [0, 0.1) is 23.4 Å². The van der Waals surface area contributed by atoms with Gasteiger partial charge in [-0.15, -0.1) is 0 Å². The molecule has 1 aromatic heterocycles. The minimum Gasteiger partial charge on any atom is -0.465 e. The molecule has 0 aliphatic carbocycles. The number of carbonyl (C=O) groups is 1. The van der Waals surface area contributed by atoms with Gasteiger partial charge in [0.1, 0.15) is 5.69 Å². The van der Waals surface area contributed by atoms with Gasteiger partial charge in [0, 0.05) is 56.3 Å². The molecule has 4 rings (SSSR count). The van der Waals surface area contributed by atoms with Crippen LogP contribution in [0.25, 0.3) is 5.69 Å². The lowest BCUT2D eigenvalue weighted by molar-refractivity contribution is 0.0680. The van der Waals surface area contributed by atoms with Crippen LogP contribution in [0.15, 0.2) is 53.5 Å². The first-order valence-corrected chi connectivity index (χ1v) is 10.7. The normalized spacial score (nSPS) is 14.2. The van der Waals surface area contributed by atoms with Gasteiger partial charge in [0.25, 0.3) is 0 Å². The number of halogens is 3. The van der Waals surface area contributed by atoms with Crippen LogP contribution in [-0.2, 0) is 11.2 Å². The fourth-order valence-electron chi connectivity index (χ4n) is 3.90.